The van der Waals surface area contributed by atoms with E-state index < -0.39 is 0 Å². The van der Waals surface area contributed by atoms with Crippen LogP contribution in [-0.2, 0) is 4.79 Å². The van der Waals surface area contributed by atoms with Crippen LogP contribution in [0.5, 0.6) is 0 Å². The minimum Gasteiger partial charge on any atom is -0.369 e. The largest absolute Gasteiger partial charge is 0.369 e. The van der Waals surface area contributed by atoms with Gasteiger partial charge >= 0.3 is 0 Å². The summed E-state index contributed by atoms with van der Waals surface area (Å²) in [5, 5.41) is 1.27. The molecular formula is C25H31N5O. The fraction of sp³-hybridized carbons (Fsp3) is 0.400. The quantitative estimate of drug-likeness (QED) is 0.647. The van der Waals surface area contributed by atoms with Gasteiger partial charge in [0.1, 0.15) is 6.04 Å². The van der Waals surface area contributed by atoms with Crippen LogP contribution in [0, 0.1) is 0 Å². The summed E-state index contributed by atoms with van der Waals surface area (Å²) >= 11 is 0. The lowest BCUT2D eigenvalue weighted by Gasteiger charge is -2.36. The number of nitrogens with one attached hydrogen (secondary N) is 1. The molecule has 2 aliphatic heterocycles. The van der Waals surface area contributed by atoms with E-state index in [1.54, 1.807) is 0 Å². The lowest BCUT2D eigenvalue weighted by Crippen LogP contribution is -2.47. The normalized spacial score (nSPS) is 20.2. The number of rotatable bonds is 6. The highest BCUT2D eigenvalue weighted by Crippen LogP contribution is 2.39. The van der Waals surface area contributed by atoms with Crippen molar-refractivity contribution in [2.45, 2.75) is 25.3 Å². The minimum atomic E-state index is -0.271. The van der Waals surface area contributed by atoms with Crippen molar-refractivity contribution < 1.29 is 4.79 Å². The van der Waals surface area contributed by atoms with Crippen LogP contribution in [0.2, 0.25) is 0 Å². The van der Waals surface area contributed by atoms with E-state index in [1.807, 2.05) is 19.2 Å². The summed E-state index contributed by atoms with van der Waals surface area (Å²) in [4.78, 5) is 22.3. The molecule has 162 valence electrons. The molecule has 3 N–H and O–H groups in total. The Morgan fingerprint density at radius 1 is 1.13 bits per heavy atom. The first kappa shape index (κ1) is 19.9. The summed E-state index contributed by atoms with van der Waals surface area (Å²) in [6, 6.07) is 17.0. The fourth-order valence-corrected chi connectivity index (χ4v) is 5.10. The average Bonchev–Trinajstić information content (AvgIpc) is 3.41. The van der Waals surface area contributed by atoms with Crippen LogP contribution < -0.4 is 15.5 Å². The highest BCUT2D eigenvalue weighted by Gasteiger charge is 2.33. The highest BCUT2D eigenvalue weighted by molar-refractivity contribution is 5.84. The van der Waals surface area contributed by atoms with Crippen LogP contribution >= 0.6 is 0 Å². The Balaban J connectivity index is 1.18. The Bertz CT molecular complexity index is 1070. The number of amides is 1. The molecule has 31 heavy (non-hydrogen) atoms. The number of hydrogen-bond acceptors (Lipinski definition) is 4. The molecule has 2 aromatic carbocycles. The number of piperazine rings is 1. The summed E-state index contributed by atoms with van der Waals surface area (Å²) < 4.78 is 0. The van der Waals surface area contributed by atoms with Gasteiger partial charge in [-0.3, -0.25) is 9.69 Å². The van der Waals surface area contributed by atoms with Gasteiger partial charge in [-0.1, -0.05) is 18.2 Å². The molecule has 3 aromatic rings. The number of nitrogens with two attached hydrogens (primary N) is 1. The summed E-state index contributed by atoms with van der Waals surface area (Å²) in [6.07, 6.45) is 3.10. The van der Waals surface area contributed by atoms with Crippen molar-refractivity contribution in [2.75, 3.05) is 49.1 Å². The number of hydrogen-bond donors (Lipinski definition) is 2. The lowest BCUT2D eigenvalue weighted by molar-refractivity contribution is -0.118. The second-order valence-electron chi connectivity index (χ2n) is 8.85. The first-order valence-electron chi connectivity index (χ1n) is 11.3. The predicted molar refractivity (Wildman–Crippen MR) is 127 cm³/mol. The average molecular weight is 418 g/mol. The van der Waals surface area contributed by atoms with Crippen LogP contribution in [0.4, 0.5) is 11.4 Å². The molecule has 0 saturated carbocycles. The number of primary amides is 1. The number of benzene rings is 2. The maximum absolute atomic E-state index is 11.8. The molecule has 1 saturated heterocycles. The van der Waals surface area contributed by atoms with Gasteiger partial charge in [0, 0.05) is 67.1 Å². The number of nitrogens with zero attached hydrogens (tertiary/aromatic N) is 3. The molecule has 0 bridgehead atoms. The van der Waals surface area contributed by atoms with Crippen LogP contribution in [-0.4, -0.2) is 61.1 Å². The molecule has 1 fully saturated rings. The number of para-hydroxylation sites is 1. The van der Waals surface area contributed by atoms with Crippen molar-refractivity contribution in [1.82, 2.24) is 9.88 Å². The van der Waals surface area contributed by atoms with E-state index in [2.05, 4.69) is 62.1 Å². The topological polar surface area (TPSA) is 68.6 Å². The van der Waals surface area contributed by atoms with E-state index in [0.29, 0.717) is 5.92 Å². The molecule has 1 aromatic heterocycles. The lowest BCUT2D eigenvalue weighted by atomic mass is 9.97. The number of carbonyl (C=O) groups excluding carboxylic acids is 1. The van der Waals surface area contributed by atoms with E-state index in [4.69, 9.17) is 5.73 Å². The van der Waals surface area contributed by atoms with Crippen molar-refractivity contribution in [3.05, 3.63) is 60.3 Å². The summed E-state index contributed by atoms with van der Waals surface area (Å²) in [5.74, 6) is 0.191. The molecule has 6 heteroatoms. The first-order valence-corrected chi connectivity index (χ1v) is 11.3. The Morgan fingerprint density at radius 3 is 2.74 bits per heavy atom. The van der Waals surface area contributed by atoms with Crippen LogP contribution in [0.15, 0.2) is 54.7 Å². The van der Waals surface area contributed by atoms with E-state index in [-0.39, 0.29) is 11.9 Å². The predicted octanol–water partition coefficient (Wildman–Crippen LogP) is 3.16. The second kappa shape index (κ2) is 8.27. The monoisotopic (exact) mass is 417 g/mol. The number of carbonyl (C=O) groups is 1. The smallest absolute Gasteiger partial charge is 0.239 e. The Labute approximate surface area is 183 Å². The number of aromatic nitrogens is 1. The SMILES string of the molecule is CC(C(N)=O)N1C[C@@H](CCN2CCN(c3ccc4[nH]ccc4c3)CC2)c2ccccc21. The van der Waals surface area contributed by atoms with Crippen molar-refractivity contribution in [1.29, 1.82) is 0 Å². The third kappa shape index (κ3) is 3.88. The van der Waals surface area contributed by atoms with Gasteiger partial charge in [-0.2, -0.15) is 0 Å². The third-order valence-electron chi connectivity index (χ3n) is 7.05. The summed E-state index contributed by atoms with van der Waals surface area (Å²) in [6.45, 7) is 8.15. The highest BCUT2D eigenvalue weighted by atomic mass is 16.1. The van der Waals surface area contributed by atoms with Gasteiger partial charge in [-0.25, -0.2) is 0 Å². The molecule has 3 heterocycles. The minimum absolute atomic E-state index is 0.260. The number of aromatic amines is 1. The fourth-order valence-electron chi connectivity index (χ4n) is 5.10. The molecule has 0 spiro atoms. The van der Waals surface area contributed by atoms with Crippen molar-refractivity contribution >= 4 is 28.2 Å². The molecule has 5 rings (SSSR count). The van der Waals surface area contributed by atoms with Crippen molar-refractivity contribution in [2.24, 2.45) is 5.73 Å². The number of anilines is 2. The van der Waals surface area contributed by atoms with Gasteiger partial charge in [0.05, 0.1) is 0 Å². The van der Waals surface area contributed by atoms with Crippen LogP contribution in [0.25, 0.3) is 10.9 Å². The summed E-state index contributed by atoms with van der Waals surface area (Å²) in [7, 11) is 0. The molecule has 0 aliphatic carbocycles. The van der Waals surface area contributed by atoms with Gasteiger partial charge in [-0.05, 0) is 55.8 Å². The Morgan fingerprint density at radius 2 is 1.94 bits per heavy atom. The zero-order valence-corrected chi connectivity index (χ0v) is 18.1. The van der Waals surface area contributed by atoms with E-state index in [9.17, 15) is 4.79 Å². The molecule has 2 aliphatic rings. The molecular weight excluding hydrogens is 386 g/mol. The molecule has 2 atom stereocenters. The maximum atomic E-state index is 11.8. The zero-order chi connectivity index (χ0) is 21.4. The second-order valence-corrected chi connectivity index (χ2v) is 8.85. The first-order chi connectivity index (χ1) is 15.1. The van der Waals surface area contributed by atoms with Crippen LogP contribution in [0.3, 0.4) is 0 Å². The molecule has 6 nitrogen and oxygen atoms in total. The molecule has 1 amide bonds. The number of fused-ring (bicyclic) bond motifs is 2. The Hall–Kier alpha value is -2.99. The van der Waals surface area contributed by atoms with E-state index in [0.717, 1.165) is 45.7 Å². The van der Waals surface area contributed by atoms with Crippen molar-refractivity contribution in [3.8, 4) is 0 Å². The maximum Gasteiger partial charge on any atom is 0.239 e. The zero-order valence-electron chi connectivity index (χ0n) is 18.1. The third-order valence-corrected chi connectivity index (χ3v) is 7.05. The standard InChI is InChI=1S/C25H31N5O/c1-18(25(26)31)30-17-20(22-4-2-3-5-24(22)30)9-11-28-12-14-29(15-13-28)21-6-7-23-19(16-21)8-10-27-23/h2-8,10,16,18,20,27H,9,11-15,17H2,1H3,(H2,26,31)/t18?,20-/m1/s1. The Kier molecular flexibility index (Phi) is 5.32. The van der Waals surface area contributed by atoms with E-state index >= 15 is 0 Å². The van der Waals surface area contributed by atoms with Gasteiger partial charge in [0.2, 0.25) is 5.91 Å². The molecule has 1 unspecified atom stereocenters. The summed E-state index contributed by atoms with van der Waals surface area (Å²) in [5.41, 5.74) is 10.6. The van der Waals surface area contributed by atoms with Gasteiger partial charge < -0.3 is 20.5 Å². The van der Waals surface area contributed by atoms with Gasteiger partial charge in [0.25, 0.3) is 0 Å². The van der Waals surface area contributed by atoms with E-state index in [1.165, 1.54) is 27.8 Å². The van der Waals surface area contributed by atoms with Gasteiger partial charge in [-0.15, -0.1) is 0 Å². The van der Waals surface area contributed by atoms with Gasteiger partial charge in [0.15, 0.2) is 0 Å². The van der Waals surface area contributed by atoms with Crippen LogP contribution in [0.1, 0.15) is 24.8 Å². The number of H-pyrrole nitrogens is 1. The molecule has 0 radical (unpaired) electrons. The van der Waals surface area contributed by atoms with Crippen molar-refractivity contribution in [3.63, 3.8) is 0 Å².